The monoisotopic (exact) mass is 176 g/mol. The third-order valence-electron chi connectivity index (χ3n) is 2.93. The van der Waals surface area contributed by atoms with E-state index in [1.54, 1.807) is 11.5 Å². The van der Waals surface area contributed by atoms with Gasteiger partial charge in [0.1, 0.15) is 0 Å². The molecule has 2 bridgehead atoms. The Morgan fingerprint density at radius 3 is 2.58 bits per heavy atom. The molecule has 1 aromatic heterocycles. The lowest BCUT2D eigenvalue weighted by molar-refractivity contribution is 0.553. The van der Waals surface area contributed by atoms with Crippen LogP contribution in [0.4, 0.5) is 0 Å². The zero-order valence-electron chi connectivity index (χ0n) is 6.73. The van der Waals surface area contributed by atoms with Crippen LogP contribution in [0.2, 0.25) is 0 Å². The van der Waals surface area contributed by atoms with Gasteiger partial charge in [-0.2, -0.15) is 0 Å². The minimum Gasteiger partial charge on any atom is -0.0803 e. The molecule has 0 aliphatic heterocycles. The van der Waals surface area contributed by atoms with Crippen molar-refractivity contribution in [1.29, 1.82) is 0 Å². The van der Waals surface area contributed by atoms with Gasteiger partial charge in [0, 0.05) is 21.8 Å². The van der Waals surface area contributed by atoms with Gasteiger partial charge in [0.2, 0.25) is 5.38 Å². The molecule has 3 aliphatic carbocycles. The number of rotatable bonds is 0. The molecule has 60 valence electrons. The number of nitrogens with zero attached hydrogens (tertiary/aromatic N) is 1. The number of fused-ring (bicyclic) bond motifs is 1. The fraction of sp³-hybridized carbons (Fsp3) is 0.400. The Balaban J connectivity index is 2.24. The van der Waals surface area contributed by atoms with Gasteiger partial charge in [-0.1, -0.05) is 12.2 Å². The van der Waals surface area contributed by atoms with E-state index in [2.05, 4.69) is 28.1 Å². The zero-order chi connectivity index (χ0) is 7.97. The molecule has 4 rings (SSSR count). The number of hydrogen-bond acceptors (Lipinski definition) is 1. The second-order valence-corrected chi connectivity index (χ2v) is 4.20. The summed E-state index contributed by atoms with van der Waals surface area (Å²) in [6, 6.07) is 0. The highest BCUT2D eigenvalue weighted by Crippen LogP contribution is 2.44. The summed E-state index contributed by atoms with van der Waals surface area (Å²) in [7, 11) is 0. The third kappa shape index (κ3) is 0.787. The van der Waals surface area contributed by atoms with Crippen LogP contribution < -0.4 is 0 Å². The largest absolute Gasteiger partial charge is 0.354 e. The van der Waals surface area contributed by atoms with Crippen molar-refractivity contribution in [2.75, 3.05) is 0 Å². The van der Waals surface area contributed by atoms with Crippen LogP contribution in [0.1, 0.15) is 35.8 Å². The molecule has 12 heavy (non-hydrogen) atoms. The van der Waals surface area contributed by atoms with E-state index in [-0.39, 0.29) is 0 Å². The van der Waals surface area contributed by atoms with Crippen molar-refractivity contribution >= 4 is 11.5 Å². The predicted molar refractivity (Wildman–Crippen MR) is 50.4 cm³/mol. The van der Waals surface area contributed by atoms with Crippen molar-refractivity contribution < 1.29 is 0 Å². The van der Waals surface area contributed by atoms with E-state index in [0.717, 1.165) is 0 Å². The van der Waals surface area contributed by atoms with Gasteiger partial charge in [-0.05, 0) is 18.4 Å². The van der Waals surface area contributed by atoms with Crippen molar-refractivity contribution in [2.45, 2.75) is 24.7 Å². The molecule has 0 saturated heterocycles. The number of hydrogen-bond donors (Lipinski definition) is 0. The molecule has 0 N–H and O–H groups in total. The summed E-state index contributed by atoms with van der Waals surface area (Å²) in [6.45, 7) is 0. The van der Waals surface area contributed by atoms with E-state index >= 15 is 0 Å². The fourth-order valence-electron chi connectivity index (χ4n) is 2.27. The van der Waals surface area contributed by atoms with Crippen LogP contribution >= 0.6 is 11.5 Å². The molecule has 3 aliphatic rings. The highest BCUT2D eigenvalue weighted by molar-refractivity contribution is 7.03. The van der Waals surface area contributed by atoms with E-state index < -0.39 is 0 Å². The summed E-state index contributed by atoms with van der Waals surface area (Å²) in [4.78, 5) is 0. The van der Waals surface area contributed by atoms with Crippen LogP contribution in [0.5, 0.6) is 0 Å². The smallest absolute Gasteiger partial charge is 0.0803 e. The maximum Gasteiger partial charge on any atom is 0.354 e. The molecule has 2 atom stereocenters. The molecule has 0 saturated carbocycles. The summed E-state index contributed by atoms with van der Waals surface area (Å²) >= 11 is 1.57. The molecular weight excluding hydrogens is 166 g/mol. The van der Waals surface area contributed by atoms with E-state index in [4.69, 9.17) is 0 Å². The first-order chi connectivity index (χ1) is 5.95. The summed E-state index contributed by atoms with van der Waals surface area (Å²) in [5.41, 5.74) is 3.02. The SMILES string of the molecule is C1=CC2CCC1c1cn[s+]cc12. The standard InChI is InChI=1S/C10H10NS/c1-3-8-4-2-7(1)9-5-11-12-6-10(8)9/h1,3,5-8H,2,4H2/q+1. The summed E-state index contributed by atoms with van der Waals surface area (Å²) < 4.78 is 4.22. The number of allylic oxidation sites excluding steroid dienone is 2. The van der Waals surface area contributed by atoms with Crippen molar-refractivity contribution in [3.05, 3.63) is 34.9 Å². The van der Waals surface area contributed by atoms with Gasteiger partial charge in [0.25, 0.3) is 0 Å². The molecule has 0 amide bonds. The van der Waals surface area contributed by atoms with E-state index in [0.29, 0.717) is 11.8 Å². The van der Waals surface area contributed by atoms with Crippen LogP contribution in [0.15, 0.2) is 23.7 Å². The topological polar surface area (TPSA) is 12.9 Å². The first-order valence-corrected chi connectivity index (χ1v) is 5.23. The quantitative estimate of drug-likeness (QED) is 0.437. The molecule has 0 radical (unpaired) electrons. The molecule has 1 heterocycles. The van der Waals surface area contributed by atoms with Crippen LogP contribution in [0.3, 0.4) is 0 Å². The predicted octanol–water partition coefficient (Wildman–Crippen LogP) is 2.96. The first-order valence-electron chi connectivity index (χ1n) is 4.40. The van der Waals surface area contributed by atoms with Crippen molar-refractivity contribution in [2.24, 2.45) is 0 Å². The second-order valence-electron chi connectivity index (χ2n) is 3.54. The lowest BCUT2D eigenvalue weighted by Crippen LogP contribution is -2.16. The molecule has 2 unspecified atom stereocenters. The summed E-state index contributed by atoms with van der Waals surface area (Å²) in [5.74, 6) is 1.37. The maximum absolute atomic E-state index is 4.22. The summed E-state index contributed by atoms with van der Waals surface area (Å²) in [6.07, 6.45) is 9.43. The minimum absolute atomic E-state index is 0.672. The normalized spacial score (nSPS) is 30.3. The van der Waals surface area contributed by atoms with E-state index in [1.807, 2.05) is 0 Å². The fourth-order valence-corrected chi connectivity index (χ4v) is 2.93. The number of aromatic nitrogens is 1. The average molecular weight is 176 g/mol. The lowest BCUT2D eigenvalue weighted by Gasteiger charge is -2.30. The summed E-state index contributed by atoms with van der Waals surface area (Å²) in [5, 5.41) is 2.22. The molecule has 2 heteroatoms. The minimum atomic E-state index is 0.672. The average Bonchev–Trinajstić information content (AvgIpc) is 2.20. The molecular formula is C10H10NS+. The van der Waals surface area contributed by atoms with Gasteiger partial charge in [-0.15, -0.1) is 0 Å². The van der Waals surface area contributed by atoms with E-state index in [1.165, 1.54) is 24.0 Å². The van der Waals surface area contributed by atoms with Crippen LogP contribution in [0, 0.1) is 0 Å². The van der Waals surface area contributed by atoms with Gasteiger partial charge < -0.3 is 0 Å². The van der Waals surface area contributed by atoms with Crippen molar-refractivity contribution in [3.8, 4) is 0 Å². The molecule has 0 fully saturated rings. The lowest BCUT2D eigenvalue weighted by atomic mass is 9.73. The van der Waals surface area contributed by atoms with Gasteiger partial charge >= 0.3 is 11.5 Å². The Kier molecular flexibility index (Phi) is 1.32. The van der Waals surface area contributed by atoms with Crippen molar-refractivity contribution in [1.82, 2.24) is 4.37 Å². The molecule has 1 aromatic rings. The van der Waals surface area contributed by atoms with Crippen LogP contribution in [-0.4, -0.2) is 4.37 Å². The van der Waals surface area contributed by atoms with Crippen LogP contribution in [-0.2, 0) is 0 Å². The van der Waals surface area contributed by atoms with Gasteiger partial charge in [-0.3, -0.25) is 0 Å². The Morgan fingerprint density at radius 1 is 1.17 bits per heavy atom. The molecule has 0 aromatic carbocycles. The maximum atomic E-state index is 4.22. The van der Waals surface area contributed by atoms with Crippen molar-refractivity contribution in [3.63, 3.8) is 0 Å². The highest BCUT2D eigenvalue weighted by Gasteiger charge is 2.30. The van der Waals surface area contributed by atoms with Gasteiger partial charge in [0.15, 0.2) is 0 Å². The molecule has 1 nitrogen and oxygen atoms in total. The molecule has 0 spiro atoms. The Bertz CT molecular complexity index is 312. The Labute approximate surface area is 75.9 Å². The highest BCUT2D eigenvalue weighted by atomic mass is 32.1. The van der Waals surface area contributed by atoms with Crippen LogP contribution in [0.25, 0.3) is 0 Å². The zero-order valence-corrected chi connectivity index (χ0v) is 7.55. The first kappa shape index (κ1) is 6.72. The second kappa shape index (κ2) is 2.36. The Morgan fingerprint density at radius 2 is 1.92 bits per heavy atom. The van der Waals surface area contributed by atoms with Gasteiger partial charge in [0.05, 0.1) is 6.20 Å². The van der Waals surface area contributed by atoms with Gasteiger partial charge in [-0.25, -0.2) is 0 Å². The third-order valence-corrected chi connectivity index (χ3v) is 3.52. The Hall–Kier alpha value is -0.760. The van der Waals surface area contributed by atoms with E-state index in [9.17, 15) is 0 Å².